The lowest BCUT2D eigenvalue weighted by Gasteiger charge is -2.12. The molecule has 6 nitrogen and oxygen atoms in total. The summed E-state index contributed by atoms with van der Waals surface area (Å²) < 4.78 is 0. The highest BCUT2D eigenvalue weighted by atomic mass is 32.1. The Morgan fingerprint density at radius 3 is 2.55 bits per heavy atom. The molecule has 0 radical (unpaired) electrons. The van der Waals surface area contributed by atoms with Gasteiger partial charge in [-0.1, -0.05) is 6.92 Å². The number of rotatable bonds is 6. The van der Waals surface area contributed by atoms with Crippen molar-refractivity contribution in [3.05, 3.63) is 27.5 Å². The largest absolute Gasteiger partial charge is 0.369 e. The van der Waals surface area contributed by atoms with Crippen molar-refractivity contribution in [3.63, 3.8) is 0 Å². The predicted octanol–water partition coefficient (Wildman–Crippen LogP) is 2.05. The van der Waals surface area contributed by atoms with Crippen LogP contribution in [-0.2, 0) is 12.8 Å². The van der Waals surface area contributed by atoms with Gasteiger partial charge in [-0.3, -0.25) is 0 Å². The number of hydrogen-bond donors (Lipinski definition) is 3. The molecule has 0 saturated heterocycles. The van der Waals surface area contributed by atoms with Gasteiger partial charge in [-0.25, -0.2) is 20.8 Å². The van der Waals surface area contributed by atoms with Crippen molar-refractivity contribution >= 4 is 23.0 Å². The maximum Gasteiger partial charge on any atom is 0.148 e. The van der Waals surface area contributed by atoms with E-state index in [1.54, 1.807) is 11.3 Å². The van der Waals surface area contributed by atoms with Crippen molar-refractivity contribution in [2.45, 2.75) is 33.6 Å². The number of anilines is 2. The fourth-order valence-corrected chi connectivity index (χ4v) is 2.51. The van der Waals surface area contributed by atoms with Gasteiger partial charge in [0.25, 0.3) is 0 Å². The zero-order valence-corrected chi connectivity index (χ0v) is 12.8. The van der Waals surface area contributed by atoms with Gasteiger partial charge in [0.15, 0.2) is 0 Å². The first-order valence-electron chi connectivity index (χ1n) is 6.63. The van der Waals surface area contributed by atoms with Crippen LogP contribution in [-0.4, -0.2) is 21.5 Å². The van der Waals surface area contributed by atoms with Crippen LogP contribution < -0.4 is 16.6 Å². The summed E-state index contributed by atoms with van der Waals surface area (Å²) in [5, 5.41) is 6.53. The van der Waals surface area contributed by atoms with Crippen LogP contribution in [0.5, 0.6) is 0 Å². The van der Waals surface area contributed by atoms with Gasteiger partial charge in [-0.2, -0.15) is 0 Å². The minimum Gasteiger partial charge on any atom is -0.369 e. The Hall–Kier alpha value is -1.73. The van der Waals surface area contributed by atoms with Crippen LogP contribution in [0, 0.1) is 13.8 Å². The smallest absolute Gasteiger partial charge is 0.148 e. The quantitative estimate of drug-likeness (QED) is 0.558. The Labute approximate surface area is 122 Å². The molecule has 0 spiro atoms. The molecule has 0 atom stereocenters. The summed E-state index contributed by atoms with van der Waals surface area (Å²) in [5.74, 6) is 7.76. The van der Waals surface area contributed by atoms with E-state index >= 15 is 0 Å². The molecule has 0 unspecified atom stereocenters. The fraction of sp³-hybridized carbons (Fsp3) is 0.462. The molecule has 0 aliphatic heterocycles. The van der Waals surface area contributed by atoms with Crippen LogP contribution in [0.1, 0.15) is 29.0 Å². The topological polar surface area (TPSA) is 88.8 Å². The Bertz CT molecular complexity index is 580. The number of nitrogen functional groups attached to an aromatic ring is 1. The number of hydrogen-bond acceptors (Lipinski definition) is 7. The number of thiazole rings is 1. The highest BCUT2D eigenvalue weighted by Crippen LogP contribution is 2.19. The standard InChI is InChI=1S/C13H20N6S/c1-4-11-17-12(8(2)13(18-11)19-14)15-6-5-10-7-20-9(3)16-10/h7H,4-6,14H2,1-3H3,(H2,15,17,18,19). The van der Waals surface area contributed by atoms with Crippen molar-refractivity contribution < 1.29 is 0 Å². The number of hydrazine groups is 1. The lowest BCUT2D eigenvalue weighted by molar-refractivity contribution is 0.907. The van der Waals surface area contributed by atoms with Gasteiger partial charge in [0.1, 0.15) is 17.5 Å². The third kappa shape index (κ3) is 3.43. The summed E-state index contributed by atoms with van der Waals surface area (Å²) in [6, 6.07) is 0. The van der Waals surface area contributed by atoms with Gasteiger partial charge in [0, 0.05) is 30.3 Å². The molecule has 2 heterocycles. The molecule has 20 heavy (non-hydrogen) atoms. The normalized spacial score (nSPS) is 10.6. The summed E-state index contributed by atoms with van der Waals surface area (Å²) in [4.78, 5) is 13.3. The average molecular weight is 292 g/mol. The summed E-state index contributed by atoms with van der Waals surface area (Å²) >= 11 is 1.67. The molecule has 108 valence electrons. The van der Waals surface area contributed by atoms with Gasteiger partial charge >= 0.3 is 0 Å². The number of nitrogens with two attached hydrogens (primary N) is 1. The summed E-state index contributed by atoms with van der Waals surface area (Å²) in [6.07, 6.45) is 1.65. The average Bonchev–Trinajstić information content (AvgIpc) is 2.86. The van der Waals surface area contributed by atoms with Gasteiger partial charge in [0.05, 0.1) is 10.7 Å². The molecule has 0 aromatic carbocycles. The Morgan fingerprint density at radius 2 is 1.95 bits per heavy atom. The third-order valence-electron chi connectivity index (χ3n) is 2.99. The van der Waals surface area contributed by atoms with E-state index in [-0.39, 0.29) is 0 Å². The number of aromatic nitrogens is 3. The SMILES string of the molecule is CCc1nc(NN)c(C)c(NCCc2csc(C)n2)n1. The molecular weight excluding hydrogens is 272 g/mol. The van der Waals surface area contributed by atoms with E-state index in [4.69, 9.17) is 5.84 Å². The fourth-order valence-electron chi connectivity index (χ4n) is 1.87. The van der Waals surface area contributed by atoms with Crippen molar-refractivity contribution in [3.8, 4) is 0 Å². The van der Waals surface area contributed by atoms with E-state index in [2.05, 4.69) is 31.1 Å². The van der Waals surface area contributed by atoms with Crippen LogP contribution in [0.3, 0.4) is 0 Å². The van der Waals surface area contributed by atoms with E-state index in [1.807, 2.05) is 20.8 Å². The monoisotopic (exact) mass is 292 g/mol. The van der Waals surface area contributed by atoms with E-state index in [9.17, 15) is 0 Å². The van der Waals surface area contributed by atoms with E-state index < -0.39 is 0 Å². The number of aryl methyl sites for hydroxylation is 2. The second-order valence-electron chi connectivity index (χ2n) is 4.49. The maximum atomic E-state index is 5.49. The maximum absolute atomic E-state index is 5.49. The van der Waals surface area contributed by atoms with Crippen molar-refractivity contribution in [1.29, 1.82) is 0 Å². The summed E-state index contributed by atoms with van der Waals surface area (Å²) in [6.45, 7) is 6.77. The second kappa shape index (κ2) is 6.62. The van der Waals surface area contributed by atoms with Gasteiger partial charge in [-0.15, -0.1) is 11.3 Å². The first kappa shape index (κ1) is 14.7. The van der Waals surface area contributed by atoms with Crippen LogP contribution in [0.4, 0.5) is 11.6 Å². The first-order valence-corrected chi connectivity index (χ1v) is 7.51. The highest BCUT2D eigenvalue weighted by molar-refractivity contribution is 7.09. The highest BCUT2D eigenvalue weighted by Gasteiger charge is 2.09. The lowest BCUT2D eigenvalue weighted by Crippen LogP contribution is -2.15. The lowest BCUT2D eigenvalue weighted by atomic mass is 10.2. The van der Waals surface area contributed by atoms with Crippen LogP contribution >= 0.6 is 11.3 Å². The zero-order valence-electron chi connectivity index (χ0n) is 12.0. The summed E-state index contributed by atoms with van der Waals surface area (Å²) in [5.41, 5.74) is 4.66. The molecule has 0 saturated carbocycles. The predicted molar refractivity (Wildman–Crippen MR) is 83.0 cm³/mol. The van der Waals surface area contributed by atoms with Gasteiger partial charge < -0.3 is 10.7 Å². The molecule has 0 amide bonds. The second-order valence-corrected chi connectivity index (χ2v) is 5.56. The van der Waals surface area contributed by atoms with Crippen molar-refractivity contribution in [1.82, 2.24) is 15.0 Å². The first-order chi connectivity index (χ1) is 9.63. The molecule has 0 aliphatic carbocycles. The number of nitrogens with one attached hydrogen (secondary N) is 2. The van der Waals surface area contributed by atoms with E-state index in [1.165, 1.54) is 0 Å². The Morgan fingerprint density at radius 1 is 1.20 bits per heavy atom. The number of nitrogens with zero attached hydrogens (tertiary/aromatic N) is 3. The third-order valence-corrected chi connectivity index (χ3v) is 3.81. The molecule has 0 aliphatic rings. The molecule has 2 aromatic heterocycles. The van der Waals surface area contributed by atoms with Crippen molar-refractivity contribution in [2.24, 2.45) is 5.84 Å². The van der Waals surface area contributed by atoms with Crippen molar-refractivity contribution in [2.75, 3.05) is 17.3 Å². The Kier molecular flexibility index (Phi) is 4.86. The summed E-state index contributed by atoms with van der Waals surface area (Å²) in [7, 11) is 0. The van der Waals surface area contributed by atoms with Crippen LogP contribution in [0.15, 0.2) is 5.38 Å². The van der Waals surface area contributed by atoms with Gasteiger partial charge in [0.2, 0.25) is 0 Å². The molecule has 7 heteroatoms. The molecule has 2 rings (SSSR count). The molecule has 0 fully saturated rings. The van der Waals surface area contributed by atoms with Crippen LogP contribution in [0.25, 0.3) is 0 Å². The molecule has 2 aromatic rings. The molecule has 4 N–H and O–H groups in total. The van der Waals surface area contributed by atoms with E-state index in [0.29, 0.717) is 5.82 Å². The zero-order chi connectivity index (χ0) is 14.5. The van der Waals surface area contributed by atoms with E-state index in [0.717, 1.165) is 47.3 Å². The molecule has 0 bridgehead atoms. The van der Waals surface area contributed by atoms with Crippen LogP contribution in [0.2, 0.25) is 0 Å². The minimum absolute atomic E-state index is 0.670. The minimum atomic E-state index is 0.670. The van der Waals surface area contributed by atoms with Gasteiger partial charge in [-0.05, 0) is 13.8 Å². The molecular formula is C13H20N6S. The Balaban J connectivity index is 2.04.